The molecule has 0 saturated carbocycles. The highest BCUT2D eigenvalue weighted by Gasteiger charge is 2.17. The Kier molecular flexibility index (Phi) is 5.11. The molecule has 0 bridgehead atoms. The molecular formula is C22H20N4O3. The van der Waals surface area contributed by atoms with E-state index in [0.29, 0.717) is 17.2 Å². The fraction of sp³-hybridized carbons (Fsp3) is 0.136. The zero-order valence-corrected chi connectivity index (χ0v) is 16.4. The van der Waals surface area contributed by atoms with Crippen LogP contribution in [0.1, 0.15) is 0 Å². The van der Waals surface area contributed by atoms with E-state index in [4.69, 9.17) is 14.2 Å². The van der Waals surface area contributed by atoms with Crippen molar-refractivity contribution in [1.29, 1.82) is 0 Å². The fourth-order valence-corrected chi connectivity index (χ4v) is 3.19. The summed E-state index contributed by atoms with van der Waals surface area (Å²) >= 11 is 0. The largest absolute Gasteiger partial charge is 0.493 e. The SMILES string of the molecule is COc1cc(-n2nncc2-c2ccc(-c3ccncc3)cc2)cc(OC)c1OC. The highest BCUT2D eigenvalue weighted by molar-refractivity contribution is 5.69. The van der Waals surface area contributed by atoms with Gasteiger partial charge < -0.3 is 14.2 Å². The molecule has 0 radical (unpaired) electrons. The van der Waals surface area contributed by atoms with Gasteiger partial charge in [-0.05, 0) is 23.3 Å². The molecule has 7 nitrogen and oxygen atoms in total. The lowest BCUT2D eigenvalue weighted by Gasteiger charge is -2.15. The van der Waals surface area contributed by atoms with Crippen LogP contribution >= 0.6 is 0 Å². The first kappa shape index (κ1) is 18.5. The van der Waals surface area contributed by atoms with Crippen molar-refractivity contribution in [1.82, 2.24) is 20.0 Å². The molecule has 0 N–H and O–H groups in total. The number of aromatic nitrogens is 4. The Morgan fingerprint density at radius 3 is 1.90 bits per heavy atom. The summed E-state index contributed by atoms with van der Waals surface area (Å²) in [6.45, 7) is 0. The standard InChI is InChI=1S/C22H20N4O3/c1-27-20-12-18(13-21(28-2)22(20)29-3)26-19(14-24-25-26)17-6-4-15(5-7-17)16-8-10-23-11-9-16/h4-14H,1-3H3. The van der Waals surface area contributed by atoms with Crippen LogP contribution in [-0.4, -0.2) is 41.3 Å². The molecule has 4 aromatic rings. The van der Waals surface area contributed by atoms with Crippen molar-refractivity contribution in [3.8, 4) is 45.3 Å². The number of benzene rings is 2. The van der Waals surface area contributed by atoms with E-state index < -0.39 is 0 Å². The van der Waals surface area contributed by atoms with Crippen molar-refractivity contribution in [3.63, 3.8) is 0 Å². The van der Waals surface area contributed by atoms with Gasteiger partial charge in [-0.15, -0.1) is 5.10 Å². The quantitative estimate of drug-likeness (QED) is 0.497. The van der Waals surface area contributed by atoms with Crippen molar-refractivity contribution in [2.24, 2.45) is 0 Å². The minimum absolute atomic E-state index is 0.530. The van der Waals surface area contributed by atoms with Gasteiger partial charge in [-0.25, -0.2) is 4.68 Å². The van der Waals surface area contributed by atoms with Crippen LogP contribution in [0.25, 0.3) is 28.1 Å². The first-order chi connectivity index (χ1) is 14.2. The molecule has 0 aliphatic heterocycles. The highest BCUT2D eigenvalue weighted by atomic mass is 16.5. The molecule has 2 heterocycles. The van der Waals surface area contributed by atoms with Gasteiger partial charge in [0.1, 0.15) is 0 Å². The number of nitrogens with zero attached hydrogens (tertiary/aromatic N) is 4. The van der Waals surface area contributed by atoms with E-state index in [1.807, 2.05) is 36.4 Å². The third-order valence-electron chi connectivity index (χ3n) is 4.64. The normalized spacial score (nSPS) is 10.6. The zero-order valence-electron chi connectivity index (χ0n) is 16.4. The van der Waals surface area contributed by atoms with E-state index >= 15 is 0 Å². The van der Waals surface area contributed by atoms with E-state index in [1.165, 1.54) is 0 Å². The number of methoxy groups -OCH3 is 3. The van der Waals surface area contributed by atoms with E-state index in [2.05, 4.69) is 27.4 Å². The minimum atomic E-state index is 0.530. The lowest BCUT2D eigenvalue weighted by Crippen LogP contribution is -2.02. The second-order valence-corrected chi connectivity index (χ2v) is 6.23. The number of rotatable bonds is 6. The minimum Gasteiger partial charge on any atom is -0.493 e. The molecule has 0 aliphatic rings. The molecule has 0 unspecified atom stereocenters. The molecule has 2 aromatic heterocycles. The van der Waals surface area contributed by atoms with Crippen LogP contribution in [0.2, 0.25) is 0 Å². The topological polar surface area (TPSA) is 71.3 Å². The molecule has 0 aliphatic carbocycles. The Morgan fingerprint density at radius 1 is 0.724 bits per heavy atom. The molecule has 7 heteroatoms. The van der Waals surface area contributed by atoms with Crippen molar-refractivity contribution in [2.45, 2.75) is 0 Å². The predicted octanol–water partition coefficient (Wildman–Crippen LogP) is 4.02. The van der Waals surface area contributed by atoms with Gasteiger partial charge in [0.15, 0.2) is 11.5 Å². The van der Waals surface area contributed by atoms with Crippen molar-refractivity contribution < 1.29 is 14.2 Å². The summed E-state index contributed by atoms with van der Waals surface area (Å²) < 4.78 is 18.1. The number of ether oxygens (including phenoxy) is 3. The summed E-state index contributed by atoms with van der Waals surface area (Å²) in [7, 11) is 4.74. The van der Waals surface area contributed by atoms with Crippen molar-refractivity contribution >= 4 is 0 Å². The van der Waals surface area contributed by atoms with E-state index in [9.17, 15) is 0 Å². The summed E-state index contributed by atoms with van der Waals surface area (Å²) in [6, 6.07) is 15.9. The van der Waals surface area contributed by atoms with E-state index in [0.717, 1.165) is 28.1 Å². The molecule has 29 heavy (non-hydrogen) atoms. The lowest BCUT2D eigenvalue weighted by molar-refractivity contribution is 0.324. The molecular weight excluding hydrogens is 368 g/mol. The molecule has 4 rings (SSSR count). The predicted molar refractivity (Wildman–Crippen MR) is 110 cm³/mol. The van der Waals surface area contributed by atoms with Gasteiger partial charge in [0, 0.05) is 30.1 Å². The third-order valence-corrected chi connectivity index (χ3v) is 4.64. The van der Waals surface area contributed by atoms with Crippen LogP contribution in [0.15, 0.2) is 67.1 Å². The molecule has 0 saturated heterocycles. The van der Waals surface area contributed by atoms with Gasteiger partial charge >= 0.3 is 0 Å². The molecule has 0 amide bonds. The van der Waals surface area contributed by atoms with Crippen LogP contribution in [0, 0.1) is 0 Å². The fourth-order valence-electron chi connectivity index (χ4n) is 3.19. The van der Waals surface area contributed by atoms with Gasteiger partial charge in [-0.3, -0.25) is 4.98 Å². The van der Waals surface area contributed by atoms with Gasteiger partial charge in [0.2, 0.25) is 5.75 Å². The average Bonchev–Trinajstić information content (AvgIpc) is 3.28. The maximum absolute atomic E-state index is 5.46. The van der Waals surface area contributed by atoms with Crippen LogP contribution in [0.4, 0.5) is 0 Å². The molecule has 0 atom stereocenters. The Balaban J connectivity index is 1.74. The maximum Gasteiger partial charge on any atom is 0.203 e. The first-order valence-corrected chi connectivity index (χ1v) is 8.97. The van der Waals surface area contributed by atoms with Crippen molar-refractivity contribution in [2.75, 3.05) is 21.3 Å². The monoisotopic (exact) mass is 388 g/mol. The summed E-state index contributed by atoms with van der Waals surface area (Å²) in [5.74, 6) is 1.63. The summed E-state index contributed by atoms with van der Waals surface area (Å²) in [5.41, 5.74) is 4.82. The van der Waals surface area contributed by atoms with Crippen LogP contribution in [-0.2, 0) is 0 Å². The van der Waals surface area contributed by atoms with Crippen LogP contribution < -0.4 is 14.2 Å². The smallest absolute Gasteiger partial charge is 0.203 e. The Labute approximate surface area is 168 Å². The zero-order chi connectivity index (χ0) is 20.2. The van der Waals surface area contributed by atoms with Gasteiger partial charge in [-0.1, -0.05) is 29.5 Å². The lowest BCUT2D eigenvalue weighted by atomic mass is 10.0. The second kappa shape index (κ2) is 8.02. The average molecular weight is 388 g/mol. The van der Waals surface area contributed by atoms with Crippen molar-refractivity contribution in [3.05, 3.63) is 67.1 Å². The van der Waals surface area contributed by atoms with Gasteiger partial charge in [0.05, 0.1) is 38.9 Å². The molecule has 146 valence electrons. The highest BCUT2D eigenvalue weighted by Crippen LogP contribution is 2.40. The van der Waals surface area contributed by atoms with E-state index in [-0.39, 0.29) is 0 Å². The third kappa shape index (κ3) is 3.50. The summed E-state index contributed by atoms with van der Waals surface area (Å²) in [6.07, 6.45) is 5.30. The number of hydrogen-bond acceptors (Lipinski definition) is 6. The Hall–Kier alpha value is -3.87. The molecule has 0 spiro atoms. The first-order valence-electron chi connectivity index (χ1n) is 8.97. The van der Waals surface area contributed by atoms with Gasteiger partial charge in [-0.2, -0.15) is 0 Å². The van der Waals surface area contributed by atoms with Crippen LogP contribution in [0.5, 0.6) is 17.2 Å². The van der Waals surface area contributed by atoms with E-state index in [1.54, 1.807) is 44.6 Å². The maximum atomic E-state index is 5.46. The Morgan fingerprint density at radius 2 is 1.31 bits per heavy atom. The summed E-state index contributed by atoms with van der Waals surface area (Å²) in [5, 5.41) is 8.36. The Bertz CT molecular complexity index is 1080. The second-order valence-electron chi connectivity index (χ2n) is 6.23. The number of hydrogen-bond donors (Lipinski definition) is 0. The van der Waals surface area contributed by atoms with Gasteiger partial charge in [0.25, 0.3) is 0 Å². The van der Waals surface area contributed by atoms with Crippen LogP contribution in [0.3, 0.4) is 0 Å². The molecule has 0 fully saturated rings. The number of pyridine rings is 1. The molecule has 2 aromatic carbocycles. The summed E-state index contributed by atoms with van der Waals surface area (Å²) in [4.78, 5) is 4.07.